The van der Waals surface area contributed by atoms with Crippen LogP contribution in [0.15, 0.2) is 54.6 Å². The Labute approximate surface area is 188 Å². The van der Waals surface area contributed by atoms with Gasteiger partial charge in [0.15, 0.2) is 5.11 Å². The molecule has 0 unspecified atom stereocenters. The molecule has 0 bridgehead atoms. The highest BCUT2D eigenvalue weighted by Crippen LogP contribution is 2.32. The summed E-state index contributed by atoms with van der Waals surface area (Å²) in [7, 11) is 1.30. The number of thiophene rings is 1. The molecule has 162 valence electrons. The highest BCUT2D eigenvalue weighted by Gasteiger charge is 2.19. The first-order chi connectivity index (χ1) is 14.9. The number of hydrogen-bond acceptors (Lipinski definition) is 5. The number of methoxy groups -OCH3 is 1. The molecule has 2 N–H and O–H groups in total. The topological polar surface area (TPSA) is 59.6 Å². The van der Waals surface area contributed by atoms with Crippen molar-refractivity contribution in [3.05, 3.63) is 76.2 Å². The molecule has 5 nitrogen and oxygen atoms in total. The van der Waals surface area contributed by atoms with Gasteiger partial charge in [-0.15, -0.1) is 11.3 Å². The number of halogens is 2. The maximum atomic E-state index is 12.7. The SMILES string of the molecule is COC(=O)c1cc(Cc2ccccc2)sc1NC(=S)Nc1cc(C)ccc1OC(F)F. The van der Waals surface area contributed by atoms with Crippen molar-refractivity contribution >= 4 is 45.3 Å². The number of esters is 1. The number of thiocarbonyl (C=S) groups is 1. The molecule has 0 fully saturated rings. The third kappa shape index (κ3) is 6.22. The summed E-state index contributed by atoms with van der Waals surface area (Å²) in [6.45, 7) is -1.15. The van der Waals surface area contributed by atoms with E-state index in [1.54, 1.807) is 18.2 Å². The minimum absolute atomic E-state index is 0.0334. The fourth-order valence-corrected chi connectivity index (χ4v) is 4.24. The van der Waals surface area contributed by atoms with Crippen LogP contribution in [-0.4, -0.2) is 24.8 Å². The molecule has 1 heterocycles. The molecule has 3 rings (SSSR count). The first kappa shape index (κ1) is 22.6. The van der Waals surface area contributed by atoms with Gasteiger partial charge in [0.05, 0.1) is 18.4 Å². The van der Waals surface area contributed by atoms with E-state index >= 15 is 0 Å². The molecule has 0 radical (unpaired) electrons. The molecule has 0 spiro atoms. The summed E-state index contributed by atoms with van der Waals surface area (Å²) in [4.78, 5) is 13.2. The van der Waals surface area contributed by atoms with E-state index in [1.165, 1.54) is 24.5 Å². The zero-order valence-electron chi connectivity index (χ0n) is 16.8. The Bertz CT molecular complexity index is 1070. The summed E-state index contributed by atoms with van der Waals surface area (Å²) in [5.74, 6) is -0.535. The lowest BCUT2D eigenvalue weighted by Crippen LogP contribution is -2.20. The number of ether oxygens (including phenoxy) is 2. The average Bonchev–Trinajstić information content (AvgIpc) is 3.11. The summed E-state index contributed by atoms with van der Waals surface area (Å²) in [6, 6.07) is 16.3. The summed E-state index contributed by atoms with van der Waals surface area (Å²) >= 11 is 6.71. The van der Waals surface area contributed by atoms with Crippen molar-refractivity contribution in [2.24, 2.45) is 0 Å². The van der Waals surface area contributed by atoms with E-state index in [0.717, 1.165) is 16.0 Å². The summed E-state index contributed by atoms with van der Waals surface area (Å²) in [5, 5.41) is 6.47. The van der Waals surface area contributed by atoms with Crippen molar-refractivity contribution < 1.29 is 23.0 Å². The van der Waals surface area contributed by atoms with E-state index in [2.05, 4.69) is 15.4 Å². The van der Waals surface area contributed by atoms with E-state index < -0.39 is 12.6 Å². The number of hydrogen-bond donors (Lipinski definition) is 2. The Morgan fingerprint density at radius 2 is 1.87 bits per heavy atom. The van der Waals surface area contributed by atoms with Crippen LogP contribution >= 0.6 is 23.6 Å². The van der Waals surface area contributed by atoms with E-state index in [9.17, 15) is 13.6 Å². The maximum absolute atomic E-state index is 12.7. The van der Waals surface area contributed by atoms with Crippen LogP contribution in [0.25, 0.3) is 0 Å². The molecule has 1 aromatic heterocycles. The Balaban J connectivity index is 1.80. The molecule has 0 aliphatic heterocycles. The van der Waals surface area contributed by atoms with Gasteiger partial charge in [-0.05, 0) is 48.5 Å². The van der Waals surface area contributed by atoms with Crippen LogP contribution in [0.2, 0.25) is 0 Å². The third-order valence-corrected chi connectivity index (χ3v) is 5.49. The van der Waals surface area contributed by atoms with Gasteiger partial charge in [0.25, 0.3) is 0 Å². The van der Waals surface area contributed by atoms with Gasteiger partial charge in [-0.25, -0.2) is 4.79 Å². The monoisotopic (exact) mass is 462 g/mol. The third-order valence-electron chi connectivity index (χ3n) is 4.24. The largest absolute Gasteiger partial charge is 0.465 e. The van der Waals surface area contributed by atoms with Crippen LogP contribution in [0, 0.1) is 6.92 Å². The van der Waals surface area contributed by atoms with Crippen molar-refractivity contribution in [2.75, 3.05) is 17.7 Å². The zero-order valence-corrected chi connectivity index (χ0v) is 18.4. The van der Waals surface area contributed by atoms with Crippen LogP contribution < -0.4 is 15.4 Å². The second-order valence-electron chi connectivity index (χ2n) is 6.57. The van der Waals surface area contributed by atoms with E-state index in [1.807, 2.05) is 37.3 Å². The fourth-order valence-electron chi connectivity index (χ4n) is 2.88. The molecule has 0 aliphatic carbocycles. The first-order valence-corrected chi connectivity index (χ1v) is 10.5. The first-order valence-electron chi connectivity index (χ1n) is 9.24. The Morgan fingerprint density at radius 3 is 2.55 bits per heavy atom. The number of carbonyl (C=O) groups is 1. The molecule has 0 aliphatic rings. The second-order valence-corrected chi connectivity index (χ2v) is 8.11. The van der Waals surface area contributed by atoms with Crippen LogP contribution in [0.4, 0.5) is 19.5 Å². The van der Waals surface area contributed by atoms with Gasteiger partial charge in [-0.3, -0.25) is 0 Å². The number of alkyl halides is 2. The highest BCUT2D eigenvalue weighted by atomic mass is 32.1. The smallest absolute Gasteiger partial charge is 0.387 e. The molecule has 0 saturated heterocycles. The maximum Gasteiger partial charge on any atom is 0.387 e. The van der Waals surface area contributed by atoms with Crippen molar-refractivity contribution in [1.29, 1.82) is 0 Å². The van der Waals surface area contributed by atoms with Crippen LogP contribution in [0.3, 0.4) is 0 Å². The lowest BCUT2D eigenvalue weighted by Gasteiger charge is -2.15. The number of rotatable bonds is 7. The standard InChI is InChI=1S/C22H20F2N2O3S2/c1-13-8-9-18(29-21(23)24)17(10-13)25-22(30)26-19-16(20(27)28-2)12-15(31-19)11-14-6-4-3-5-7-14/h3-10,12,21H,11H2,1-2H3,(H2,25,26,30). The van der Waals surface area contributed by atoms with Crippen LogP contribution in [-0.2, 0) is 11.2 Å². The van der Waals surface area contributed by atoms with Gasteiger partial charge < -0.3 is 20.1 Å². The van der Waals surface area contributed by atoms with Gasteiger partial charge in [-0.2, -0.15) is 8.78 Å². The van der Waals surface area contributed by atoms with Crippen molar-refractivity contribution in [2.45, 2.75) is 20.0 Å². The average molecular weight is 463 g/mol. The van der Waals surface area contributed by atoms with Gasteiger partial charge in [0.2, 0.25) is 0 Å². The number of aryl methyl sites for hydroxylation is 1. The predicted molar refractivity (Wildman–Crippen MR) is 123 cm³/mol. The minimum atomic E-state index is -2.96. The lowest BCUT2D eigenvalue weighted by molar-refractivity contribution is -0.0493. The zero-order chi connectivity index (χ0) is 22.4. The second kappa shape index (κ2) is 10.3. The molecule has 0 atom stereocenters. The van der Waals surface area contributed by atoms with Crippen molar-refractivity contribution in [3.8, 4) is 5.75 Å². The normalized spacial score (nSPS) is 10.6. The quantitative estimate of drug-likeness (QED) is 0.340. The Morgan fingerprint density at radius 1 is 1.13 bits per heavy atom. The Hall–Kier alpha value is -3.04. The minimum Gasteiger partial charge on any atom is -0.465 e. The van der Waals surface area contributed by atoms with Gasteiger partial charge >= 0.3 is 12.6 Å². The molecule has 31 heavy (non-hydrogen) atoms. The number of nitrogens with one attached hydrogen (secondary N) is 2. The lowest BCUT2D eigenvalue weighted by atomic mass is 10.1. The highest BCUT2D eigenvalue weighted by molar-refractivity contribution is 7.80. The van der Waals surface area contributed by atoms with Gasteiger partial charge in [0, 0.05) is 11.3 Å². The fraction of sp³-hybridized carbons (Fsp3) is 0.182. The number of anilines is 2. The molecule has 0 saturated carbocycles. The van der Waals surface area contributed by atoms with Gasteiger partial charge in [-0.1, -0.05) is 36.4 Å². The van der Waals surface area contributed by atoms with E-state index in [4.69, 9.17) is 17.0 Å². The van der Waals surface area contributed by atoms with Crippen molar-refractivity contribution in [3.63, 3.8) is 0 Å². The molecular weight excluding hydrogens is 442 g/mol. The summed E-state index contributed by atoms with van der Waals surface area (Å²) < 4.78 is 34.8. The summed E-state index contributed by atoms with van der Waals surface area (Å²) in [6.07, 6.45) is 0.641. The van der Waals surface area contributed by atoms with Crippen molar-refractivity contribution in [1.82, 2.24) is 0 Å². The number of carbonyl (C=O) groups excluding carboxylic acids is 1. The number of benzene rings is 2. The van der Waals surface area contributed by atoms with E-state index in [-0.39, 0.29) is 10.9 Å². The molecule has 9 heteroatoms. The predicted octanol–water partition coefficient (Wildman–Crippen LogP) is 5.84. The van der Waals surface area contributed by atoms with Crippen LogP contribution in [0.1, 0.15) is 26.4 Å². The summed E-state index contributed by atoms with van der Waals surface area (Å²) in [5.41, 5.74) is 2.57. The molecule has 2 aromatic carbocycles. The Kier molecular flexibility index (Phi) is 7.54. The molecule has 0 amide bonds. The molecule has 3 aromatic rings. The van der Waals surface area contributed by atoms with E-state index in [0.29, 0.717) is 22.7 Å². The van der Waals surface area contributed by atoms with Crippen LogP contribution in [0.5, 0.6) is 5.75 Å². The molecular formula is C22H20F2N2O3S2. The van der Waals surface area contributed by atoms with Gasteiger partial charge in [0.1, 0.15) is 10.8 Å².